The highest BCUT2D eigenvalue weighted by Crippen LogP contribution is 2.20. The summed E-state index contributed by atoms with van der Waals surface area (Å²) < 4.78 is 1.61. The largest absolute Gasteiger partial charge is 0.289 e. The van der Waals surface area contributed by atoms with Crippen LogP contribution in [0.2, 0.25) is 0 Å². The van der Waals surface area contributed by atoms with Gasteiger partial charge in [-0.2, -0.15) is 5.10 Å². The van der Waals surface area contributed by atoms with Crippen molar-refractivity contribution in [2.75, 3.05) is 0 Å². The fourth-order valence-electron chi connectivity index (χ4n) is 2.52. The molecule has 3 aromatic rings. The molecule has 22 heavy (non-hydrogen) atoms. The molecule has 5 nitrogen and oxygen atoms in total. The minimum Gasteiger partial charge on any atom is -0.289 e. The van der Waals surface area contributed by atoms with E-state index in [1.54, 1.807) is 10.2 Å². The summed E-state index contributed by atoms with van der Waals surface area (Å²) in [5, 5.41) is 14.5. The number of nitrogens with zero attached hydrogens (tertiary/aromatic N) is 2. The van der Waals surface area contributed by atoms with Gasteiger partial charge in [0.15, 0.2) is 0 Å². The Morgan fingerprint density at radius 3 is 2.77 bits per heavy atom. The van der Waals surface area contributed by atoms with Crippen LogP contribution in [-0.4, -0.2) is 20.9 Å². The van der Waals surface area contributed by atoms with E-state index in [4.69, 9.17) is 5.21 Å². The van der Waals surface area contributed by atoms with Crippen molar-refractivity contribution >= 4 is 16.8 Å². The molecule has 3 rings (SSSR count). The number of hydrogen-bond donors (Lipinski definition) is 2. The van der Waals surface area contributed by atoms with E-state index in [9.17, 15) is 4.79 Å². The van der Waals surface area contributed by atoms with Gasteiger partial charge in [-0.05, 0) is 24.1 Å². The number of fused-ring (bicyclic) bond motifs is 1. The molecule has 0 aliphatic carbocycles. The molecule has 1 atom stereocenters. The van der Waals surface area contributed by atoms with Crippen LogP contribution in [0.5, 0.6) is 0 Å². The SMILES string of the molecule is Cc1ccc2cn(C(Cc3ccccc3)C(=O)NO)nc2c1. The van der Waals surface area contributed by atoms with Gasteiger partial charge in [0.2, 0.25) is 0 Å². The highest BCUT2D eigenvalue weighted by atomic mass is 16.5. The topological polar surface area (TPSA) is 67.2 Å². The predicted octanol–water partition coefficient (Wildman–Crippen LogP) is 2.63. The van der Waals surface area contributed by atoms with Crippen LogP contribution in [0.1, 0.15) is 17.2 Å². The first-order valence-corrected chi connectivity index (χ1v) is 7.11. The fraction of sp³-hybridized carbons (Fsp3) is 0.176. The van der Waals surface area contributed by atoms with Crippen LogP contribution in [0.25, 0.3) is 10.9 Å². The van der Waals surface area contributed by atoms with Gasteiger partial charge < -0.3 is 0 Å². The van der Waals surface area contributed by atoms with Gasteiger partial charge in [0.25, 0.3) is 5.91 Å². The van der Waals surface area contributed by atoms with Gasteiger partial charge in [-0.15, -0.1) is 0 Å². The van der Waals surface area contributed by atoms with Crippen molar-refractivity contribution in [2.45, 2.75) is 19.4 Å². The number of nitrogens with one attached hydrogen (secondary N) is 1. The van der Waals surface area contributed by atoms with Gasteiger partial charge in [0.05, 0.1) is 5.52 Å². The molecule has 0 spiro atoms. The summed E-state index contributed by atoms with van der Waals surface area (Å²) in [4.78, 5) is 12.0. The molecule has 1 aromatic heterocycles. The maximum Gasteiger partial charge on any atom is 0.268 e. The monoisotopic (exact) mass is 295 g/mol. The standard InChI is InChI=1S/C17H17N3O2/c1-12-7-8-14-11-20(18-15(14)9-12)16(17(21)19-22)10-13-5-3-2-4-6-13/h2-9,11,16,22H,10H2,1H3,(H,19,21). The number of rotatable bonds is 4. The summed E-state index contributed by atoms with van der Waals surface area (Å²) in [5.41, 5.74) is 4.70. The number of carbonyl (C=O) groups is 1. The molecular formula is C17H17N3O2. The Bertz CT molecular complexity index is 796. The van der Waals surface area contributed by atoms with Crippen LogP contribution in [0, 0.1) is 6.92 Å². The van der Waals surface area contributed by atoms with Crippen LogP contribution < -0.4 is 5.48 Å². The van der Waals surface area contributed by atoms with Crippen molar-refractivity contribution in [3.05, 3.63) is 65.9 Å². The summed E-state index contributed by atoms with van der Waals surface area (Å²) in [7, 11) is 0. The maximum atomic E-state index is 12.0. The van der Waals surface area contributed by atoms with Gasteiger partial charge in [-0.25, -0.2) is 5.48 Å². The van der Waals surface area contributed by atoms with Crippen molar-refractivity contribution in [3.63, 3.8) is 0 Å². The smallest absolute Gasteiger partial charge is 0.268 e. The van der Waals surface area contributed by atoms with E-state index < -0.39 is 11.9 Å². The molecule has 0 saturated heterocycles. The average molecular weight is 295 g/mol. The number of hydrogen-bond acceptors (Lipinski definition) is 3. The second-order valence-corrected chi connectivity index (χ2v) is 5.35. The second kappa shape index (κ2) is 5.99. The summed E-state index contributed by atoms with van der Waals surface area (Å²) in [6.45, 7) is 2.00. The first-order chi connectivity index (χ1) is 10.7. The van der Waals surface area contributed by atoms with E-state index in [1.165, 1.54) is 0 Å². The molecule has 0 saturated carbocycles. The number of carbonyl (C=O) groups excluding carboxylic acids is 1. The molecule has 0 radical (unpaired) electrons. The van der Waals surface area contributed by atoms with Crippen LogP contribution in [-0.2, 0) is 11.2 Å². The summed E-state index contributed by atoms with van der Waals surface area (Å²) >= 11 is 0. The Labute approximate surface area is 128 Å². The average Bonchev–Trinajstić information content (AvgIpc) is 2.95. The normalized spacial score (nSPS) is 12.3. The van der Waals surface area contributed by atoms with Crippen molar-refractivity contribution in [1.29, 1.82) is 0 Å². The summed E-state index contributed by atoms with van der Waals surface area (Å²) in [6.07, 6.45) is 2.29. The Morgan fingerprint density at radius 2 is 2.05 bits per heavy atom. The number of aromatic nitrogens is 2. The molecule has 0 aliphatic rings. The van der Waals surface area contributed by atoms with Crippen molar-refractivity contribution in [2.24, 2.45) is 0 Å². The van der Waals surface area contributed by atoms with Gasteiger partial charge in [-0.3, -0.25) is 14.7 Å². The summed E-state index contributed by atoms with van der Waals surface area (Å²) in [5.74, 6) is -0.478. The molecule has 0 aliphatic heterocycles. The molecular weight excluding hydrogens is 278 g/mol. The van der Waals surface area contributed by atoms with Crippen LogP contribution in [0.4, 0.5) is 0 Å². The van der Waals surface area contributed by atoms with E-state index in [0.29, 0.717) is 6.42 Å². The predicted molar refractivity (Wildman–Crippen MR) is 83.6 cm³/mol. The number of benzene rings is 2. The quantitative estimate of drug-likeness (QED) is 0.574. The molecule has 5 heteroatoms. The Kier molecular flexibility index (Phi) is 3.89. The van der Waals surface area contributed by atoms with Gasteiger partial charge in [0.1, 0.15) is 6.04 Å². The third-order valence-corrected chi connectivity index (χ3v) is 3.68. The number of aryl methyl sites for hydroxylation is 1. The van der Waals surface area contributed by atoms with Crippen molar-refractivity contribution in [3.8, 4) is 0 Å². The lowest BCUT2D eigenvalue weighted by molar-refractivity contribution is -0.132. The highest BCUT2D eigenvalue weighted by Gasteiger charge is 2.22. The Balaban J connectivity index is 1.98. The van der Waals surface area contributed by atoms with Crippen LogP contribution in [0.15, 0.2) is 54.7 Å². The van der Waals surface area contributed by atoms with Crippen molar-refractivity contribution in [1.82, 2.24) is 15.3 Å². The van der Waals surface area contributed by atoms with E-state index >= 15 is 0 Å². The molecule has 112 valence electrons. The summed E-state index contributed by atoms with van der Waals surface area (Å²) in [6, 6.07) is 15.0. The Hall–Kier alpha value is -2.66. The zero-order chi connectivity index (χ0) is 15.5. The van der Waals surface area contributed by atoms with E-state index in [-0.39, 0.29) is 0 Å². The molecule has 2 N–H and O–H groups in total. The van der Waals surface area contributed by atoms with E-state index in [2.05, 4.69) is 5.10 Å². The number of amides is 1. The van der Waals surface area contributed by atoms with Gasteiger partial charge in [0, 0.05) is 18.0 Å². The zero-order valence-corrected chi connectivity index (χ0v) is 12.2. The molecule has 1 amide bonds. The fourth-order valence-corrected chi connectivity index (χ4v) is 2.52. The Morgan fingerprint density at radius 1 is 1.27 bits per heavy atom. The number of hydroxylamine groups is 1. The highest BCUT2D eigenvalue weighted by molar-refractivity contribution is 5.82. The second-order valence-electron chi connectivity index (χ2n) is 5.35. The maximum absolute atomic E-state index is 12.0. The first kappa shape index (κ1) is 14.3. The van der Waals surface area contributed by atoms with Gasteiger partial charge >= 0.3 is 0 Å². The zero-order valence-electron chi connectivity index (χ0n) is 12.2. The van der Waals surface area contributed by atoms with Gasteiger partial charge in [-0.1, -0.05) is 42.5 Å². The van der Waals surface area contributed by atoms with E-state index in [0.717, 1.165) is 22.0 Å². The molecule has 2 aromatic carbocycles. The molecule has 1 heterocycles. The molecule has 0 bridgehead atoms. The first-order valence-electron chi connectivity index (χ1n) is 7.11. The minimum absolute atomic E-state index is 0.459. The lowest BCUT2D eigenvalue weighted by Gasteiger charge is -2.15. The minimum atomic E-state index is -0.597. The third-order valence-electron chi connectivity index (χ3n) is 3.68. The van der Waals surface area contributed by atoms with Crippen LogP contribution >= 0.6 is 0 Å². The lowest BCUT2D eigenvalue weighted by atomic mass is 10.1. The van der Waals surface area contributed by atoms with Crippen LogP contribution in [0.3, 0.4) is 0 Å². The third kappa shape index (κ3) is 2.84. The lowest BCUT2D eigenvalue weighted by Crippen LogP contribution is -2.32. The van der Waals surface area contributed by atoms with Crippen molar-refractivity contribution < 1.29 is 10.0 Å². The molecule has 1 unspecified atom stereocenters. The molecule has 0 fully saturated rings. The van der Waals surface area contributed by atoms with E-state index in [1.807, 2.05) is 61.7 Å².